The molecule has 0 saturated heterocycles. The molecule has 0 aliphatic carbocycles. The molecule has 0 fully saturated rings. The van der Waals surface area contributed by atoms with Crippen LogP contribution in [-0.4, -0.2) is 23.1 Å². The molecule has 0 radical (unpaired) electrons. The highest BCUT2D eigenvalue weighted by Gasteiger charge is 2.07. The van der Waals surface area contributed by atoms with Crippen LogP contribution in [0, 0.1) is 0 Å². The second-order valence-corrected chi connectivity index (χ2v) is 3.17. The van der Waals surface area contributed by atoms with Crippen LogP contribution in [0.1, 0.15) is 20.8 Å². The molecule has 3 nitrogen and oxygen atoms in total. The van der Waals surface area contributed by atoms with Crippen molar-refractivity contribution in [2.45, 2.75) is 20.8 Å². The minimum atomic E-state index is -0.0927. The van der Waals surface area contributed by atoms with Crippen molar-refractivity contribution in [3.05, 3.63) is 36.6 Å². The standard InChI is InChI=1S/C12H17NO2/c1-6-13(12(5)15)10(3)8-7-9(2)11(4)14/h7-8H,2-3,6H2,1,4-5H3/b8-7-. The summed E-state index contributed by atoms with van der Waals surface area (Å²) < 4.78 is 0. The first-order valence-corrected chi connectivity index (χ1v) is 4.75. The lowest BCUT2D eigenvalue weighted by Gasteiger charge is -2.18. The van der Waals surface area contributed by atoms with Crippen LogP contribution in [0.5, 0.6) is 0 Å². The van der Waals surface area contributed by atoms with Crippen LogP contribution >= 0.6 is 0 Å². The molecule has 0 atom stereocenters. The minimum Gasteiger partial charge on any atom is -0.314 e. The van der Waals surface area contributed by atoms with Gasteiger partial charge in [0.15, 0.2) is 5.78 Å². The molecule has 0 rings (SSSR count). The van der Waals surface area contributed by atoms with Crippen LogP contribution in [-0.2, 0) is 9.59 Å². The van der Waals surface area contributed by atoms with Gasteiger partial charge >= 0.3 is 0 Å². The summed E-state index contributed by atoms with van der Waals surface area (Å²) in [6, 6.07) is 0. The molecule has 0 saturated carbocycles. The predicted octanol–water partition coefficient (Wildman–Crippen LogP) is 2.07. The first-order valence-electron chi connectivity index (χ1n) is 4.75. The van der Waals surface area contributed by atoms with E-state index in [9.17, 15) is 9.59 Å². The Balaban J connectivity index is 4.54. The van der Waals surface area contributed by atoms with E-state index < -0.39 is 0 Å². The molecule has 0 aromatic rings. The third-order valence-electron chi connectivity index (χ3n) is 1.97. The number of hydrogen-bond acceptors (Lipinski definition) is 2. The van der Waals surface area contributed by atoms with Gasteiger partial charge < -0.3 is 4.90 Å². The number of hydrogen-bond donors (Lipinski definition) is 0. The number of carbonyl (C=O) groups excluding carboxylic acids is 2. The van der Waals surface area contributed by atoms with Crippen LogP contribution in [0.2, 0.25) is 0 Å². The molecule has 1 amide bonds. The monoisotopic (exact) mass is 207 g/mol. The number of nitrogens with zero attached hydrogens (tertiary/aromatic N) is 1. The Hall–Kier alpha value is -1.64. The maximum absolute atomic E-state index is 11.1. The maximum atomic E-state index is 11.1. The Labute approximate surface area is 90.8 Å². The Bertz CT molecular complexity index is 327. The maximum Gasteiger partial charge on any atom is 0.223 e. The van der Waals surface area contributed by atoms with Gasteiger partial charge in [0.1, 0.15) is 0 Å². The van der Waals surface area contributed by atoms with Gasteiger partial charge in [0.2, 0.25) is 5.91 Å². The minimum absolute atomic E-state index is 0.0689. The second kappa shape index (κ2) is 5.96. The first-order chi connectivity index (χ1) is 6.90. The lowest BCUT2D eigenvalue weighted by Crippen LogP contribution is -2.26. The third kappa shape index (κ3) is 4.40. The van der Waals surface area contributed by atoms with E-state index >= 15 is 0 Å². The second-order valence-electron chi connectivity index (χ2n) is 3.17. The summed E-state index contributed by atoms with van der Waals surface area (Å²) in [6.07, 6.45) is 3.19. The van der Waals surface area contributed by atoms with E-state index in [4.69, 9.17) is 0 Å². The van der Waals surface area contributed by atoms with Gasteiger partial charge in [-0.25, -0.2) is 0 Å². The first kappa shape index (κ1) is 13.4. The summed E-state index contributed by atoms with van der Waals surface area (Å²) in [5, 5.41) is 0. The number of amides is 1. The fraction of sp³-hybridized carbons (Fsp3) is 0.333. The van der Waals surface area contributed by atoms with Crippen molar-refractivity contribution in [2.75, 3.05) is 6.54 Å². The smallest absolute Gasteiger partial charge is 0.223 e. The van der Waals surface area contributed by atoms with Gasteiger partial charge in [0, 0.05) is 24.7 Å². The van der Waals surface area contributed by atoms with Crippen molar-refractivity contribution in [1.29, 1.82) is 0 Å². The Morgan fingerprint density at radius 2 is 1.73 bits per heavy atom. The van der Waals surface area contributed by atoms with Crippen LogP contribution < -0.4 is 0 Å². The molecular weight excluding hydrogens is 190 g/mol. The molecule has 0 N–H and O–H groups in total. The van der Waals surface area contributed by atoms with Crippen LogP contribution in [0.15, 0.2) is 36.6 Å². The van der Waals surface area contributed by atoms with Crippen LogP contribution in [0.25, 0.3) is 0 Å². The quantitative estimate of drug-likeness (QED) is 0.511. The zero-order chi connectivity index (χ0) is 12.0. The summed E-state index contributed by atoms with van der Waals surface area (Å²) in [6.45, 7) is 12.7. The van der Waals surface area contributed by atoms with Crippen molar-refractivity contribution in [3.63, 3.8) is 0 Å². The highest BCUT2D eigenvalue weighted by atomic mass is 16.2. The van der Waals surface area contributed by atoms with Gasteiger partial charge in [-0.15, -0.1) is 0 Å². The third-order valence-corrected chi connectivity index (χ3v) is 1.97. The van der Waals surface area contributed by atoms with Crippen molar-refractivity contribution in [2.24, 2.45) is 0 Å². The van der Waals surface area contributed by atoms with E-state index in [0.717, 1.165) is 0 Å². The van der Waals surface area contributed by atoms with Crippen LogP contribution in [0.4, 0.5) is 0 Å². The number of allylic oxidation sites excluding steroid dienone is 3. The topological polar surface area (TPSA) is 37.4 Å². The molecule has 0 spiro atoms. The highest BCUT2D eigenvalue weighted by Crippen LogP contribution is 2.05. The van der Waals surface area contributed by atoms with Gasteiger partial charge in [-0.2, -0.15) is 0 Å². The van der Waals surface area contributed by atoms with E-state index in [-0.39, 0.29) is 11.7 Å². The number of ketones is 1. The molecule has 0 bridgehead atoms. The average molecular weight is 207 g/mol. The van der Waals surface area contributed by atoms with E-state index in [2.05, 4.69) is 13.2 Å². The van der Waals surface area contributed by atoms with Crippen molar-refractivity contribution in [1.82, 2.24) is 4.90 Å². The van der Waals surface area contributed by atoms with Crippen molar-refractivity contribution >= 4 is 11.7 Å². The molecule has 0 heterocycles. The zero-order valence-corrected chi connectivity index (χ0v) is 9.54. The van der Waals surface area contributed by atoms with Gasteiger partial charge in [-0.05, 0) is 26.0 Å². The summed E-state index contributed by atoms with van der Waals surface area (Å²) in [7, 11) is 0. The molecule has 0 aromatic heterocycles. The summed E-state index contributed by atoms with van der Waals surface area (Å²) in [5.41, 5.74) is 0.961. The molecule has 0 aliphatic heterocycles. The fourth-order valence-electron chi connectivity index (χ4n) is 1.03. The molecule has 0 aliphatic rings. The van der Waals surface area contributed by atoms with Crippen LogP contribution in [0.3, 0.4) is 0 Å². The Kier molecular flexibility index (Phi) is 5.31. The number of rotatable bonds is 5. The van der Waals surface area contributed by atoms with E-state index in [1.165, 1.54) is 18.7 Å². The fourth-order valence-corrected chi connectivity index (χ4v) is 1.03. The largest absolute Gasteiger partial charge is 0.314 e. The predicted molar refractivity (Wildman–Crippen MR) is 61.2 cm³/mol. The lowest BCUT2D eigenvalue weighted by atomic mass is 10.2. The Morgan fingerprint density at radius 3 is 2.07 bits per heavy atom. The highest BCUT2D eigenvalue weighted by molar-refractivity contribution is 5.95. The van der Waals surface area contributed by atoms with E-state index in [0.29, 0.717) is 17.8 Å². The average Bonchev–Trinajstić information content (AvgIpc) is 2.14. The Morgan fingerprint density at radius 1 is 1.20 bits per heavy atom. The zero-order valence-electron chi connectivity index (χ0n) is 9.54. The summed E-state index contributed by atoms with van der Waals surface area (Å²) in [4.78, 5) is 23.5. The van der Waals surface area contributed by atoms with E-state index in [1.807, 2.05) is 6.92 Å². The molecule has 15 heavy (non-hydrogen) atoms. The van der Waals surface area contributed by atoms with Gasteiger partial charge in [0.25, 0.3) is 0 Å². The normalized spacial score (nSPS) is 10.1. The molecule has 0 unspecified atom stereocenters. The SMILES string of the molecule is C=C(/C=C\C(=C)N(CC)C(C)=O)C(C)=O. The van der Waals surface area contributed by atoms with E-state index in [1.54, 1.807) is 12.2 Å². The number of Topliss-reactive ketones (excluding diaryl/α,β-unsaturated/α-hetero) is 1. The molecule has 0 aromatic carbocycles. The summed E-state index contributed by atoms with van der Waals surface area (Å²) >= 11 is 0. The van der Waals surface area contributed by atoms with Crippen molar-refractivity contribution in [3.8, 4) is 0 Å². The van der Waals surface area contributed by atoms with Gasteiger partial charge in [-0.1, -0.05) is 13.2 Å². The number of likely N-dealkylation sites (N-methyl/N-ethyl adjacent to an activating group) is 1. The summed E-state index contributed by atoms with van der Waals surface area (Å²) in [5.74, 6) is -0.162. The van der Waals surface area contributed by atoms with Gasteiger partial charge in [0.05, 0.1) is 0 Å². The lowest BCUT2D eigenvalue weighted by molar-refractivity contribution is -0.126. The van der Waals surface area contributed by atoms with Crippen molar-refractivity contribution < 1.29 is 9.59 Å². The molecule has 3 heteroatoms. The molecular formula is C12H17NO2. The number of carbonyl (C=O) groups is 2. The molecule has 82 valence electrons. The van der Waals surface area contributed by atoms with Gasteiger partial charge in [-0.3, -0.25) is 9.59 Å².